The second kappa shape index (κ2) is 8.56. The maximum absolute atomic E-state index is 14.9. The topological polar surface area (TPSA) is 127 Å². The lowest BCUT2D eigenvalue weighted by molar-refractivity contribution is 0.102. The van der Waals surface area contributed by atoms with E-state index in [2.05, 4.69) is 15.3 Å². The van der Waals surface area contributed by atoms with Gasteiger partial charge in [0.2, 0.25) is 16.0 Å². The van der Waals surface area contributed by atoms with Crippen molar-refractivity contribution in [2.24, 2.45) is 10.7 Å². The molecule has 0 unspecified atom stereocenters. The number of halogens is 2. The molecular formula is C18H16B3ClFN5O4S. The Morgan fingerprint density at radius 2 is 2.03 bits per heavy atom. The third-order valence-corrected chi connectivity index (χ3v) is 6.92. The molecule has 9 nitrogen and oxygen atoms in total. The van der Waals surface area contributed by atoms with Crippen molar-refractivity contribution in [3.05, 3.63) is 52.6 Å². The van der Waals surface area contributed by atoms with Gasteiger partial charge in [-0.1, -0.05) is 11.6 Å². The van der Waals surface area contributed by atoms with E-state index in [9.17, 15) is 17.6 Å². The van der Waals surface area contributed by atoms with Crippen LogP contribution in [-0.4, -0.2) is 71.2 Å². The van der Waals surface area contributed by atoms with Gasteiger partial charge in [-0.15, -0.1) is 0 Å². The van der Waals surface area contributed by atoms with Gasteiger partial charge >= 0.3 is 0 Å². The number of carbonyl (C=O) groups excluding carboxylic acids is 1. The van der Waals surface area contributed by atoms with Gasteiger partial charge in [0.05, 0.1) is 17.0 Å². The summed E-state index contributed by atoms with van der Waals surface area (Å²) in [5.74, 6) is -2.30. The maximum Gasteiger partial charge on any atom is 0.274 e. The predicted octanol–water partition coefficient (Wildman–Crippen LogP) is 0.427. The number of anilines is 1. The van der Waals surface area contributed by atoms with E-state index in [0.29, 0.717) is 0 Å². The van der Waals surface area contributed by atoms with E-state index in [4.69, 9.17) is 45.6 Å². The van der Waals surface area contributed by atoms with Gasteiger partial charge in [0.25, 0.3) is 5.91 Å². The van der Waals surface area contributed by atoms with Crippen molar-refractivity contribution in [3.8, 4) is 5.75 Å². The molecule has 2 aromatic rings. The second-order valence-electron chi connectivity index (χ2n) is 7.58. The molecule has 6 radical (unpaired) electrons. The highest BCUT2D eigenvalue weighted by Gasteiger charge is 2.42. The number of nitrogens with two attached hydrogens (primary N) is 1. The van der Waals surface area contributed by atoms with Crippen molar-refractivity contribution in [1.29, 1.82) is 0 Å². The molecule has 33 heavy (non-hydrogen) atoms. The number of aromatic nitrogens is 1. The Bertz CT molecular complexity index is 1240. The number of benzene rings is 1. The highest BCUT2D eigenvalue weighted by molar-refractivity contribution is 7.89. The van der Waals surface area contributed by atoms with E-state index in [0.717, 1.165) is 4.31 Å². The van der Waals surface area contributed by atoms with Crippen LogP contribution < -0.4 is 15.8 Å². The molecule has 15 heteroatoms. The summed E-state index contributed by atoms with van der Waals surface area (Å²) < 4.78 is 45.6. The predicted molar refractivity (Wildman–Crippen MR) is 125 cm³/mol. The molecule has 1 amide bonds. The lowest BCUT2D eigenvalue weighted by atomic mass is 9.52. The molecule has 1 aliphatic rings. The molecule has 1 aromatic carbocycles. The first kappa shape index (κ1) is 24.9. The lowest BCUT2D eigenvalue weighted by Gasteiger charge is -2.34. The minimum absolute atomic E-state index is 0.0312. The summed E-state index contributed by atoms with van der Waals surface area (Å²) in [5.41, 5.74) is 4.04. The fraction of sp³-hybridized carbons (Fsp3) is 0.278. The third kappa shape index (κ3) is 5.44. The number of nitrogens with one attached hydrogen (secondary N) is 1. The number of ether oxygens (including phenoxy) is 1. The summed E-state index contributed by atoms with van der Waals surface area (Å²) >= 11 is 6.01. The van der Waals surface area contributed by atoms with Crippen molar-refractivity contribution < 1.29 is 22.3 Å². The highest BCUT2D eigenvalue weighted by Crippen LogP contribution is 2.37. The van der Waals surface area contributed by atoms with Crippen LogP contribution in [-0.2, 0) is 15.6 Å². The van der Waals surface area contributed by atoms with Crippen LogP contribution >= 0.6 is 11.6 Å². The summed E-state index contributed by atoms with van der Waals surface area (Å²) in [6.07, 6.45) is 1.18. The first-order chi connectivity index (χ1) is 15.1. The van der Waals surface area contributed by atoms with Gasteiger partial charge in [-0.3, -0.25) is 4.79 Å². The number of pyridine rings is 1. The Morgan fingerprint density at radius 1 is 1.36 bits per heavy atom. The van der Waals surface area contributed by atoms with Gasteiger partial charge in [-0.25, -0.2) is 27.1 Å². The van der Waals surface area contributed by atoms with Crippen LogP contribution in [0.5, 0.6) is 5.75 Å². The summed E-state index contributed by atoms with van der Waals surface area (Å²) in [6, 6.07) is 5.09. The normalized spacial score (nSPS) is 20.1. The third-order valence-electron chi connectivity index (χ3n) is 4.69. The number of guanidine groups is 1. The summed E-state index contributed by atoms with van der Waals surface area (Å²) in [4.78, 5) is 20.7. The van der Waals surface area contributed by atoms with Crippen LogP contribution in [0.15, 0.2) is 35.5 Å². The van der Waals surface area contributed by atoms with Crippen molar-refractivity contribution in [3.63, 3.8) is 0 Å². The van der Waals surface area contributed by atoms with Crippen LogP contribution in [0.3, 0.4) is 0 Å². The number of carbonyl (C=O) groups is 1. The zero-order valence-electron chi connectivity index (χ0n) is 17.5. The van der Waals surface area contributed by atoms with E-state index in [-0.39, 0.29) is 33.7 Å². The molecule has 3 rings (SSSR count). The number of hydrogen-bond donors (Lipinski definition) is 2. The second-order valence-corrected chi connectivity index (χ2v) is 9.98. The Labute approximate surface area is 199 Å². The number of amides is 1. The van der Waals surface area contributed by atoms with Gasteiger partial charge in [0, 0.05) is 18.3 Å². The van der Waals surface area contributed by atoms with Gasteiger partial charge in [0.1, 0.15) is 46.3 Å². The van der Waals surface area contributed by atoms with Crippen LogP contribution in [0.4, 0.5) is 10.1 Å². The first-order valence-electron chi connectivity index (χ1n) is 9.26. The fourth-order valence-corrected chi connectivity index (χ4v) is 4.78. The maximum atomic E-state index is 14.9. The Balaban J connectivity index is 1.91. The molecule has 0 fully saturated rings. The van der Waals surface area contributed by atoms with E-state index >= 15 is 0 Å². The van der Waals surface area contributed by atoms with Crippen LogP contribution in [0.1, 0.15) is 23.0 Å². The van der Waals surface area contributed by atoms with E-state index < -0.39 is 38.3 Å². The van der Waals surface area contributed by atoms with E-state index in [1.807, 2.05) is 0 Å². The number of hydrogen-bond acceptors (Lipinski definition) is 7. The van der Waals surface area contributed by atoms with Gasteiger partial charge in [0.15, 0.2) is 0 Å². The van der Waals surface area contributed by atoms with Crippen LogP contribution in [0, 0.1) is 5.82 Å². The van der Waals surface area contributed by atoms with Crippen molar-refractivity contribution in [2.75, 3.05) is 18.1 Å². The lowest BCUT2D eigenvalue weighted by Crippen LogP contribution is -2.50. The van der Waals surface area contributed by atoms with Gasteiger partial charge in [-0.2, -0.15) is 0 Å². The first-order valence-corrected chi connectivity index (χ1v) is 11.2. The largest absolute Gasteiger partial charge is 0.514 e. The summed E-state index contributed by atoms with van der Waals surface area (Å²) in [7, 11) is 13.4. The number of sulfonamides is 1. The average molecular weight is 485 g/mol. The minimum atomic E-state index is -3.86. The average Bonchev–Trinajstić information content (AvgIpc) is 2.67. The molecule has 2 heterocycles. The van der Waals surface area contributed by atoms with Crippen LogP contribution in [0.2, 0.25) is 5.02 Å². The monoisotopic (exact) mass is 485 g/mol. The van der Waals surface area contributed by atoms with Crippen molar-refractivity contribution in [1.82, 2.24) is 9.29 Å². The molecule has 1 aromatic heterocycles. The van der Waals surface area contributed by atoms with Crippen molar-refractivity contribution in [2.45, 2.75) is 17.8 Å². The van der Waals surface area contributed by atoms with Crippen LogP contribution in [0.25, 0.3) is 0 Å². The van der Waals surface area contributed by atoms with Crippen molar-refractivity contribution >= 4 is 62.7 Å². The van der Waals surface area contributed by atoms with E-state index in [1.54, 1.807) is 0 Å². The number of rotatable bonds is 5. The zero-order valence-corrected chi connectivity index (χ0v) is 19.1. The molecule has 0 bridgehead atoms. The summed E-state index contributed by atoms with van der Waals surface area (Å²) in [5, 5.41) is 0.253. The molecule has 0 spiro atoms. The molecule has 0 saturated carbocycles. The number of aliphatic imine (C=N–C) groups is 1. The molecule has 3 N–H and O–H groups in total. The fourth-order valence-electron chi connectivity index (χ4n) is 3.12. The Hall–Kier alpha value is -2.73. The Morgan fingerprint density at radius 3 is 2.58 bits per heavy atom. The Kier molecular flexibility index (Phi) is 6.46. The smallest absolute Gasteiger partial charge is 0.274 e. The quantitative estimate of drug-likeness (QED) is 0.592. The van der Waals surface area contributed by atoms with Gasteiger partial charge in [-0.05, 0) is 36.5 Å². The molecule has 0 aliphatic carbocycles. The van der Waals surface area contributed by atoms with Gasteiger partial charge < -0.3 is 15.8 Å². The molecule has 0 saturated heterocycles. The molecule has 1 atom stereocenters. The highest BCUT2D eigenvalue weighted by atomic mass is 35.5. The molecule has 1 aliphatic heterocycles. The SMILES string of the molecule is [B]C([B])([B])Oc1ccc(C(=O)Nc2cc(Cl)c(F)c([C@]3(C)CS(=O)(=O)N(C)C(N)=N3)c2)nc1. The summed E-state index contributed by atoms with van der Waals surface area (Å²) in [6.45, 7) is 1.40. The molecular weight excluding hydrogens is 469 g/mol. The minimum Gasteiger partial charge on any atom is -0.514 e. The zero-order chi connectivity index (χ0) is 24.8. The molecule has 166 valence electrons. The van der Waals surface area contributed by atoms with E-state index in [1.165, 1.54) is 44.4 Å². The number of nitrogens with zero attached hydrogens (tertiary/aromatic N) is 3. The standard InChI is InChI=1S/C18H16B3ClFN5O4S/c1-17(8-33(30,31)28(2)16(24)27-17)11-5-9(6-12(22)14(11)23)26-15(29)13-4-3-10(7-25-13)32-18(19,20)21/h3-7H,8H2,1-2H3,(H2,24,27)(H,26,29)/t17-/m0/s1.